The quantitative estimate of drug-likeness (QED) is 0.508. The Morgan fingerprint density at radius 2 is 1.93 bits per heavy atom. The van der Waals surface area contributed by atoms with Gasteiger partial charge in [-0.05, 0) is 55.8 Å². The average Bonchev–Trinajstić information content (AvgIpc) is 3.12. The van der Waals surface area contributed by atoms with E-state index in [1.165, 1.54) is 0 Å². The van der Waals surface area contributed by atoms with Gasteiger partial charge in [0.2, 0.25) is 11.8 Å². The fraction of sp³-hybridized carbons (Fsp3) is 0.136. The van der Waals surface area contributed by atoms with Crippen molar-refractivity contribution in [2.45, 2.75) is 13.8 Å². The summed E-state index contributed by atoms with van der Waals surface area (Å²) in [4.78, 5) is 8.90. The van der Waals surface area contributed by atoms with Gasteiger partial charge in [0.1, 0.15) is 23.0 Å². The minimum atomic E-state index is 0.218. The minimum Gasteiger partial charge on any atom is -0.477 e. The number of nitrogens with two attached hydrogens (primary N) is 1. The van der Waals surface area contributed by atoms with Crippen molar-refractivity contribution in [2.24, 2.45) is 0 Å². The molecule has 7 heteroatoms. The predicted octanol–water partition coefficient (Wildman–Crippen LogP) is 4.79. The molecule has 0 spiro atoms. The van der Waals surface area contributed by atoms with Crippen LogP contribution in [-0.4, -0.2) is 16.6 Å². The average molecular weight is 385 g/mol. The number of aromatic nitrogens is 2. The molecule has 4 aromatic rings. The van der Waals surface area contributed by atoms with E-state index < -0.39 is 0 Å². The zero-order chi connectivity index (χ0) is 20.4. The molecule has 0 aliphatic rings. The number of ether oxygens (including phenoxy) is 1. The van der Waals surface area contributed by atoms with Crippen molar-refractivity contribution in [1.29, 1.82) is 5.26 Å². The number of nitrogen functional groups attached to an aromatic ring is 1. The van der Waals surface area contributed by atoms with Crippen molar-refractivity contribution in [3.63, 3.8) is 0 Å². The van der Waals surface area contributed by atoms with Gasteiger partial charge in [-0.2, -0.15) is 10.2 Å². The Morgan fingerprint density at radius 3 is 2.66 bits per heavy atom. The highest BCUT2D eigenvalue weighted by Crippen LogP contribution is 2.29. The number of nitriles is 1. The largest absolute Gasteiger partial charge is 0.477 e. The lowest BCUT2D eigenvalue weighted by molar-refractivity contribution is 0.326. The fourth-order valence-electron chi connectivity index (χ4n) is 2.96. The van der Waals surface area contributed by atoms with E-state index in [4.69, 9.17) is 14.9 Å². The third kappa shape index (κ3) is 3.69. The monoisotopic (exact) mass is 385 g/mol. The van der Waals surface area contributed by atoms with Crippen LogP contribution in [0.5, 0.6) is 5.88 Å². The zero-order valence-corrected chi connectivity index (χ0v) is 16.1. The van der Waals surface area contributed by atoms with E-state index in [2.05, 4.69) is 15.3 Å². The summed E-state index contributed by atoms with van der Waals surface area (Å²) >= 11 is 0. The summed E-state index contributed by atoms with van der Waals surface area (Å²) in [5, 5.41) is 12.4. The normalized spacial score (nSPS) is 10.7. The number of oxazole rings is 1. The summed E-state index contributed by atoms with van der Waals surface area (Å²) in [7, 11) is 0. The van der Waals surface area contributed by atoms with Gasteiger partial charge in [-0.15, -0.1) is 0 Å². The van der Waals surface area contributed by atoms with Crippen LogP contribution in [0.2, 0.25) is 0 Å². The molecule has 29 heavy (non-hydrogen) atoms. The lowest BCUT2D eigenvalue weighted by Crippen LogP contribution is -2.04. The highest BCUT2D eigenvalue weighted by molar-refractivity contribution is 5.77. The summed E-state index contributed by atoms with van der Waals surface area (Å²) in [6.45, 7) is 4.24. The first-order valence-corrected chi connectivity index (χ1v) is 9.15. The van der Waals surface area contributed by atoms with Gasteiger partial charge in [-0.25, -0.2) is 4.98 Å². The zero-order valence-electron chi connectivity index (χ0n) is 16.1. The molecule has 0 saturated carbocycles. The molecule has 7 nitrogen and oxygen atoms in total. The molecule has 0 amide bonds. The molecule has 0 fully saturated rings. The van der Waals surface area contributed by atoms with Gasteiger partial charge in [0.15, 0.2) is 5.58 Å². The van der Waals surface area contributed by atoms with Crippen LogP contribution in [0, 0.1) is 18.3 Å². The summed E-state index contributed by atoms with van der Waals surface area (Å²) in [6.07, 6.45) is 0. The van der Waals surface area contributed by atoms with Crippen LogP contribution < -0.4 is 15.8 Å². The van der Waals surface area contributed by atoms with Gasteiger partial charge in [0.25, 0.3) is 0 Å². The third-order valence-electron chi connectivity index (χ3n) is 4.36. The maximum atomic E-state index is 9.23. The smallest absolute Gasteiger partial charge is 0.235 e. The number of rotatable bonds is 5. The van der Waals surface area contributed by atoms with E-state index in [0.29, 0.717) is 24.0 Å². The second-order valence-electron chi connectivity index (χ2n) is 6.51. The number of hydrogen-bond acceptors (Lipinski definition) is 7. The first-order chi connectivity index (χ1) is 14.1. The van der Waals surface area contributed by atoms with Gasteiger partial charge < -0.3 is 20.2 Å². The Labute approximate surface area is 167 Å². The topological polar surface area (TPSA) is 110 Å². The van der Waals surface area contributed by atoms with E-state index in [9.17, 15) is 5.26 Å². The van der Waals surface area contributed by atoms with Crippen molar-refractivity contribution < 1.29 is 9.15 Å². The SMILES string of the molecule is CCOc1nc(Nc2ccc(-c3nc4cc(C)ccc4o3)cc2)cc(N)c1C#N. The Balaban J connectivity index is 1.59. The standard InChI is InChI=1S/C22H19N5O2/c1-3-28-22-16(12-23)17(24)11-20(27-22)25-15-7-5-14(6-8-15)21-26-18-10-13(2)4-9-19(18)29-21/h4-11H,3H2,1-2H3,(H3,24,25,27). The van der Waals surface area contributed by atoms with E-state index >= 15 is 0 Å². The lowest BCUT2D eigenvalue weighted by atomic mass is 10.2. The van der Waals surface area contributed by atoms with Crippen molar-refractivity contribution in [1.82, 2.24) is 9.97 Å². The minimum absolute atomic E-state index is 0.218. The van der Waals surface area contributed by atoms with Crippen LogP contribution in [0.25, 0.3) is 22.6 Å². The molecule has 0 bridgehead atoms. The van der Waals surface area contributed by atoms with Crippen molar-refractivity contribution >= 4 is 28.3 Å². The van der Waals surface area contributed by atoms with Gasteiger partial charge >= 0.3 is 0 Å². The van der Waals surface area contributed by atoms with E-state index in [1.54, 1.807) is 6.07 Å². The predicted molar refractivity (Wildman–Crippen MR) is 112 cm³/mol. The molecule has 0 unspecified atom stereocenters. The van der Waals surface area contributed by atoms with Gasteiger partial charge in [-0.1, -0.05) is 6.07 Å². The molecule has 0 radical (unpaired) electrons. The summed E-state index contributed by atoms with van der Waals surface area (Å²) < 4.78 is 11.3. The maximum Gasteiger partial charge on any atom is 0.235 e. The maximum absolute atomic E-state index is 9.23. The molecule has 4 rings (SSSR count). The molecule has 0 atom stereocenters. The number of nitrogens with one attached hydrogen (secondary N) is 1. The van der Waals surface area contributed by atoms with Crippen LogP contribution in [0.15, 0.2) is 52.9 Å². The lowest BCUT2D eigenvalue weighted by Gasteiger charge is -2.11. The number of hydrogen-bond donors (Lipinski definition) is 2. The van der Waals surface area contributed by atoms with Crippen molar-refractivity contribution in [3.05, 3.63) is 59.7 Å². The molecule has 0 saturated heterocycles. The molecular weight excluding hydrogens is 366 g/mol. The Bertz CT molecular complexity index is 1220. The molecule has 0 aliphatic carbocycles. The van der Waals surface area contributed by atoms with Gasteiger partial charge in [0.05, 0.1) is 12.3 Å². The first kappa shape index (κ1) is 18.3. The van der Waals surface area contributed by atoms with Crippen molar-refractivity contribution in [2.75, 3.05) is 17.7 Å². The van der Waals surface area contributed by atoms with Crippen molar-refractivity contribution in [3.8, 4) is 23.4 Å². The second kappa shape index (κ2) is 7.52. The number of anilines is 3. The van der Waals surface area contributed by atoms with E-state index in [-0.39, 0.29) is 11.4 Å². The summed E-state index contributed by atoms with van der Waals surface area (Å²) in [5.74, 6) is 1.28. The highest BCUT2D eigenvalue weighted by atomic mass is 16.5. The third-order valence-corrected chi connectivity index (χ3v) is 4.36. The van der Waals surface area contributed by atoms with E-state index in [1.807, 2.05) is 62.4 Å². The Hall–Kier alpha value is -4.05. The molecule has 144 valence electrons. The Kier molecular flexibility index (Phi) is 4.75. The molecule has 2 heterocycles. The Morgan fingerprint density at radius 1 is 1.14 bits per heavy atom. The number of fused-ring (bicyclic) bond motifs is 1. The number of benzene rings is 2. The van der Waals surface area contributed by atoms with E-state index in [0.717, 1.165) is 27.9 Å². The van der Waals surface area contributed by atoms with Crippen LogP contribution in [0.3, 0.4) is 0 Å². The van der Waals surface area contributed by atoms with Crippen LogP contribution in [0.1, 0.15) is 18.1 Å². The molecular formula is C22H19N5O2. The fourth-order valence-corrected chi connectivity index (χ4v) is 2.96. The van der Waals surface area contributed by atoms with Crippen LogP contribution in [-0.2, 0) is 0 Å². The highest BCUT2D eigenvalue weighted by Gasteiger charge is 2.12. The summed E-state index contributed by atoms with van der Waals surface area (Å²) in [6, 6.07) is 17.2. The van der Waals surface area contributed by atoms with Gasteiger partial charge in [0, 0.05) is 17.3 Å². The van der Waals surface area contributed by atoms with Crippen LogP contribution >= 0.6 is 0 Å². The molecule has 2 aromatic heterocycles. The number of nitrogens with zero attached hydrogens (tertiary/aromatic N) is 3. The first-order valence-electron chi connectivity index (χ1n) is 9.15. The molecule has 0 aliphatic heterocycles. The van der Waals surface area contributed by atoms with Gasteiger partial charge in [-0.3, -0.25) is 0 Å². The number of pyridine rings is 1. The molecule has 2 aromatic carbocycles. The van der Waals surface area contributed by atoms with Crippen LogP contribution in [0.4, 0.5) is 17.2 Å². The summed E-state index contributed by atoms with van der Waals surface area (Å²) in [5.41, 5.74) is 10.9. The number of aryl methyl sites for hydroxylation is 1. The second-order valence-corrected chi connectivity index (χ2v) is 6.51. The molecule has 3 N–H and O–H groups in total.